The van der Waals surface area contributed by atoms with E-state index in [4.69, 9.17) is 4.74 Å². The first-order valence-electron chi connectivity index (χ1n) is 7.70. The van der Waals surface area contributed by atoms with E-state index in [1.807, 2.05) is 37.4 Å². The molecule has 2 N–H and O–H groups in total. The Morgan fingerprint density at radius 3 is 2.74 bits per heavy atom. The van der Waals surface area contributed by atoms with Crippen LogP contribution < -0.4 is 15.4 Å². The van der Waals surface area contributed by atoms with Crippen molar-refractivity contribution in [3.05, 3.63) is 59.4 Å². The van der Waals surface area contributed by atoms with E-state index in [-0.39, 0.29) is 0 Å². The third-order valence-corrected chi connectivity index (χ3v) is 3.50. The van der Waals surface area contributed by atoms with Crippen molar-refractivity contribution in [2.75, 3.05) is 20.7 Å². The van der Waals surface area contributed by atoms with Gasteiger partial charge in [0.05, 0.1) is 7.11 Å². The third kappa shape index (κ3) is 5.62. The van der Waals surface area contributed by atoms with Gasteiger partial charge in [-0.3, -0.25) is 9.98 Å². The Hall–Kier alpha value is -2.56. The first-order chi connectivity index (χ1) is 11.2. The largest absolute Gasteiger partial charge is 0.497 e. The second-order valence-corrected chi connectivity index (χ2v) is 5.26. The Morgan fingerprint density at radius 1 is 1.17 bits per heavy atom. The lowest BCUT2D eigenvalue weighted by molar-refractivity contribution is 0.414. The topological polar surface area (TPSA) is 58.5 Å². The molecular weight excluding hydrogens is 288 g/mol. The molecule has 0 saturated heterocycles. The van der Waals surface area contributed by atoms with Crippen LogP contribution in [-0.4, -0.2) is 31.6 Å². The summed E-state index contributed by atoms with van der Waals surface area (Å²) in [4.78, 5) is 8.54. The third-order valence-electron chi connectivity index (χ3n) is 3.50. The molecule has 122 valence electrons. The van der Waals surface area contributed by atoms with Gasteiger partial charge in [0.1, 0.15) is 5.75 Å². The zero-order chi connectivity index (χ0) is 16.5. The van der Waals surface area contributed by atoms with E-state index >= 15 is 0 Å². The van der Waals surface area contributed by atoms with Crippen LogP contribution in [0.4, 0.5) is 0 Å². The standard InChI is InChI=1S/C18H24N4O/c1-14-7-8-15(12-21-14)9-10-20-18(19-2)22-13-16-5-4-6-17(11-16)23-3/h4-8,11-12H,9-10,13H2,1-3H3,(H2,19,20,22). The van der Waals surface area contributed by atoms with Gasteiger partial charge in [-0.2, -0.15) is 0 Å². The number of nitrogens with one attached hydrogen (secondary N) is 2. The van der Waals surface area contributed by atoms with E-state index in [2.05, 4.69) is 32.7 Å². The molecule has 0 atom stereocenters. The molecule has 0 saturated carbocycles. The van der Waals surface area contributed by atoms with Gasteiger partial charge < -0.3 is 15.4 Å². The van der Waals surface area contributed by atoms with Gasteiger partial charge in [0.25, 0.3) is 0 Å². The van der Waals surface area contributed by atoms with Crippen molar-refractivity contribution in [2.45, 2.75) is 19.9 Å². The molecule has 5 heteroatoms. The zero-order valence-electron chi connectivity index (χ0n) is 14.0. The summed E-state index contributed by atoms with van der Waals surface area (Å²) < 4.78 is 5.23. The van der Waals surface area contributed by atoms with Crippen LogP contribution >= 0.6 is 0 Å². The Kier molecular flexibility index (Phi) is 6.41. The molecule has 0 spiro atoms. The summed E-state index contributed by atoms with van der Waals surface area (Å²) in [5, 5.41) is 6.61. The molecule has 1 heterocycles. The highest BCUT2D eigenvalue weighted by molar-refractivity contribution is 5.79. The Labute approximate surface area is 137 Å². The van der Waals surface area contributed by atoms with Crippen LogP contribution in [0, 0.1) is 6.92 Å². The highest BCUT2D eigenvalue weighted by Gasteiger charge is 2.00. The van der Waals surface area contributed by atoms with Crippen molar-refractivity contribution < 1.29 is 4.74 Å². The molecule has 0 fully saturated rings. The molecule has 1 aromatic carbocycles. The monoisotopic (exact) mass is 312 g/mol. The van der Waals surface area contributed by atoms with E-state index in [0.717, 1.165) is 35.9 Å². The maximum absolute atomic E-state index is 5.23. The Bertz CT molecular complexity index is 638. The van der Waals surface area contributed by atoms with Gasteiger partial charge >= 0.3 is 0 Å². The first-order valence-corrected chi connectivity index (χ1v) is 7.70. The molecule has 1 aromatic heterocycles. The molecule has 0 bridgehead atoms. The van der Waals surface area contributed by atoms with Crippen molar-refractivity contribution >= 4 is 5.96 Å². The van der Waals surface area contributed by atoms with Crippen molar-refractivity contribution in [2.24, 2.45) is 4.99 Å². The number of guanidine groups is 1. The van der Waals surface area contributed by atoms with Crippen LogP contribution in [0.2, 0.25) is 0 Å². The van der Waals surface area contributed by atoms with Gasteiger partial charge in [-0.1, -0.05) is 18.2 Å². The van der Waals surface area contributed by atoms with E-state index in [1.165, 1.54) is 5.56 Å². The first kappa shape index (κ1) is 16.8. The molecule has 23 heavy (non-hydrogen) atoms. The van der Waals surface area contributed by atoms with Gasteiger partial charge in [0, 0.05) is 32.0 Å². The molecule has 2 aromatic rings. The lowest BCUT2D eigenvalue weighted by atomic mass is 10.2. The minimum Gasteiger partial charge on any atom is -0.497 e. The van der Waals surface area contributed by atoms with Crippen LogP contribution in [0.1, 0.15) is 16.8 Å². The second kappa shape index (κ2) is 8.78. The van der Waals surface area contributed by atoms with Gasteiger partial charge in [-0.05, 0) is 42.7 Å². The average molecular weight is 312 g/mol. The number of aryl methyl sites for hydroxylation is 1. The maximum atomic E-state index is 5.23. The average Bonchev–Trinajstić information content (AvgIpc) is 2.59. The number of rotatable bonds is 6. The maximum Gasteiger partial charge on any atom is 0.191 e. The number of ether oxygens (including phenoxy) is 1. The number of pyridine rings is 1. The van der Waals surface area contributed by atoms with Crippen molar-refractivity contribution in [1.82, 2.24) is 15.6 Å². The molecule has 0 aliphatic rings. The fourth-order valence-corrected chi connectivity index (χ4v) is 2.16. The molecule has 0 aliphatic carbocycles. The number of aliphatic imine (C=N–C) groups is 1. The number of hydrogen-bond acceptors (Lipinski definition) is 3. The number of methoxy groups -OCH3 is 1. The minimum atomic E-state index is 0.697. The SMILES string of the molecule is CN=C(NCCc1ccc(C)nc1)NCc1cccc(OC)c1. The normalized spacial score (nSPS) is 11.2. The van der Waals surface area contributed by atoms with Gasteiger partial charge in [-0.15, -0.1) is 0 Å². The summed E-state index contributed by atoms with van der Waals surface area (Å²) in [5.74, 6) is 1.65. The number of benzene rings is 1. The Balaban J connectivity index is 1.78. The summed E-state index contributed by atoms with van der Waals surface area (Å²) in [6, 6.07) is 12.1. The molecule has 0 radical (unpaired) electrons. The van der Waals surface area contributed by atoms with Gasteiger partial charge in [0.15, 0.2) is 5.96 Å². The van der Waals surface area contributed by atoms with Crippen LogP contribution in [0.15, 0.2) is 47.6 Å². The fourth-order valence-electron chi connectivity index (χ4n) is 2.16. The number of hydrogen-bond donors (Lipinski definition) is 2. The molecular formula is C18H24N4O. The predicted octanol–water partition coefficient (Wildman–Crippen LogP) is 2.31. The highest BCUT2D eigenvalue weighted by atomic mass is 16.5. The molecule has 2 rings (SSSR count). The van der Waals surface area contributed by atoms with Gasteiger partial charge in [0.2, 0.25) is 0 Å². The molecule has 0 unspecified atom stereocenters. The quantitative estimate of drug-likeness (QED) is 0.635. The molecule has 0 aliphatic heterocycles. The van der Waals surface area contributed by atoms with Crippen LogP contribution in [0.5, 0.6) is 5.75 Å². The van der Waals surface area contributed by atoms with Crippen LogP contribution in [-0.2, 0) is 13.0 Å². The highest BCUT2D eigenvalue weighted by Crippen LogP contribution is 2.12. The summed E-state index contributed by atoms with van der Waals surface area (Å²) in [6.07, 6.45) is 2.83. The van der Waals surface area contributed by atoms with Crippen molar-refractivity contribution in [3.8, 4) is 5.75 Å². The molecule has 0 amide bonds. The van der Waals surface area contributed by atoms with E-state index in [1.54, 1.807) is 14.2 Å². The van der Waals surface area contributed by atoms with Gasteiger partial charge in [-0.25, -0.2) is 0 Å². The lowest BCUT2D eigenvalue weighted by Gasteiger charge is -2.12. The smallest absolute Gasteiger partial charge is 0.191 e. The van der Waals surface area contributed by atoms with Crippen LogP contribution in [0.25, 0.3) is 0 Å². The van der Waals surface area contributed by atoms with Crippen molar-refractivity contribution in [1.29, 1.82) is 0 Å². The number of nitrogens with zero attached hydrogens (tertiary/aromatic N) is 2. The molecule has 5 nitrogen and oxygen atoms in total. The second-order valence-electron chi connectivity index (χ2n) is 5.26. The van der Waals surface area contributed by atoms with Crippen molar-refractivity contribution in [3.63, 3.8) is 0 Å². The van der Waals surface area contributed by atoms with E-state index < -0.39 is 0 Å². The fraction of sp³-hybridized carbons (Fsp3) is 0.333. The van der Waals surface area contributed by atoms with Crippen LogP contribution in [0.3, 0.4) is 0 Å². The summed E-state index contributed by atoms with van der Waals surface area (Å²) in [7, 11) is 3.45. The Morgan fingerprint density at radius 2 is 2.04 bits per heavy atom. The summed E-state index contributed by atoms with van der Waals surface area (Å²) in [5.41, 5.74) is 3.40. The van der Waals surface area contributed by atoms with E-state index in [0.29, 0.717) is 6.54 Å². The zero-order valence-corrected chi connectivity index (χ0v) is 14.0. The predicted molar refractivity (Wildman–Crippen MR) is 93.9 cm³/mol. The lowest BCUT2D eigenvalue weighted by Crippen LogP contribution is -2.37. The summed E-state index contributed by atoms with van der Waals surface area (Å²) in [6.45, 7) is 3.50. The summed E-state index contributed by atoms with van der Waals surface area (Å²) >= 11 is 0. The minimum absolute atomic E-state index is 0.697. The number of aromatic nitrogens is 1. The van der Waals surface area contributed by atoms with E-state index in [9.17, 15) is 0 Å².